The Labute approximate surface area is 138 Å². The van der Waals surface area contributed by atoms with Crippen LogP contribution in [0.3, 0.4) is 0 Å². The molecule has 0 radical (unpaired) electrons. The highest BCUT2D eigenvalue weighted by atomic mass is 32.1. The summed E-state index contributed by atoms with van der Waals surface area (Å²) in [5, 5.41) is 6.19. The van der Waals surface area contributed by atoms with Crippen molar-refractivity contribution in [3.05, 3.63) is 41.1 Å². The number of carbonyl (C=O) groups is 1. The van der Waals surface area contributed by atoms with Gasteiger partial charge in [0.05, 0.1) is 17.5 Å². The molecule has 1 aliphatic rings. The van der Waals surface area contributed by atoms with E-state index >= 15 is 0 Å². The number of amides is 1. The number of piperidine rings is 1. The molecule has 0 spiro atoms. The first-order valence-electron chi connectivity index (χ1n) is 7.83. The molecule has 1 saturated heterocycles. The summed E-state index contributed by atoms with van der Waals surface area (Å²) < 4.78 is 3.81. The van der Waals surface area contributed by atoms with E-state index in [1.54, 1.807) is 28.4 Å². The average molecular weight is 329 g/mol. The molecule has 0 aromatic carbocycles. The van der Waals surface area contributed by atoms with Gasteiger partial charge in [-0.15, -0.1) is 11.3 Å². The van der Waals surface area contributed by atoms with Crippen molar-refractivity contribution < 1.29 is 4.79 Å². The fourth-order valence-corrected chi connectivity index (χ4v) is 4.31. The Hall–Kier alpha value is -2.15. The molecule has 0 unspecified atom stereocenters. The van der Waals surface area contributed by atoms with Crippen LogP contribution in [0.5, 0.6) is 0 Å². The second-order valence-electron chi connectivity index (χ2n) is 6.12. The monoisotopic (exact) mass is 329 g/mol. The van der Waals surface area contributed by atoms with Crippen molar-refractivity contribution in [3.63, 3.8) is 0 Å². The van der Waals surface area contributed by atoms with E-state index in [2.05, 4.69) is 21.1 Å². The van der Waals surface area contributed by atoms with Gasteiger partial charge in [-0.1, -0.05) is 0 Å². The third kappa shape index (κ3) is 2.45. The summed E-state index contributed by atoms with van der Waals surface area (Å²) in [4.78, 5) is 20.6. The van der Waals surface area contributed by atoms with E-state index in [4.69, 9.17) is 4.98 Å². The number of aromatic nitrogens is 4. The van der Waals surface area contributed by atoms with Gasteiger partial charge in [0.1, 0.15) is 10.7 Å². The molecule has 4 rings (SSSR count). The van der Waals surface area contributed by atoms with Crippen LogP contribution in [-0.2, 0) is 7.05 Å². The van der Waals surface area contributed by atoms with Gasteiger partial charge in [-0.05, 0) is 19.8 Å². The van der Waals surface area contributed by atoms with Gasteiger partial charge in [-0.25, -0.2) is 4.98 Å². The van der Waals surface area contributed by atoms with Gasteiger partial charge in [0.25, 0.3) is 5.91 Å². The lowest BCUT2D eigenvalue weighted by Crippen LogP contribution is -2.39. The number of rotatable bonds is 2. The van der Waals surface area contributed by atoms with Crippen molar-refractivity contribution in [1.82, 2.24) is 24.1 Å². The molecule has 6 nitrogen and oxygen atoms in total. The minimum absolute atomic E-state index is 0.0705. The molecular formula is C16H19N5OS. The number of imidazole rings is 1. The van der Waals surface area contributed by atoms with E-state index in [1.165, 1.54) is 4.83 Å². The van der Waals surface area contributed by atoms with Crippen molar-refractivity contribution >= 4 is 22.1 Å². The highest BCUT2D eigenvalue weighted by Gasteiger charge is 2.29. The molecule has 0 saturated carbocycles. The molecule has 1 amide bonds. The normalized spacial score (nSPS) is 18.7. The third-order valence-corrected chi connectivity index (χ3v) is 5.39. The van der Waals surface area contributed by atoms with E-state index in [0.717, 1.165) is 37.4 Å². The van der Waals surface area contributed by atoms with Crippen LogP contribution in [0, 0.1) is 6.92 Å². The van der Waals surface area contributed by atoms with Crippen molar-refractivity contribution in [2.75, 3.05) is 13.1 Å². The molecular weight excluding hydrogens is 310 g/mol. The van der Waals surface area contributed by atoms with Gasteiger partial charge in [0.15, 0.2) is 0 Å². The zero-order valence-electron chi connectivity index (χ0n) is 13.3. The van der Waals surface area contributed by atoms with Gasteiger partial charge >= 0.3 is 0 Å². The number of hydrogen-bond acceptors (Lipinski definition) is 4. The van der Waals surface area contributed by atoms with Gasteiger partial charge in [-0.3, -0.25) is 13.9 Å². The van der Waals surface area contributed by atoms with Crippen molar-refractivity contribution in [2.45, 2.75) is 25.7 Å². The lowest BCUT2D eigenvalue weighted by molar-refractivity contribution is 0.0706. The topological polar surface area (TPSA) is 55.4 Å². The summed E-state index contributed by atoms with van der Waals surface area (Å²) in [6.45, 7) is 3.58. The maximum Gasteiger partial charge on any atom is 0.257 e. The maximum absolute atomic E-state index is 12.7. The highest BCUT2D eigenvalue weighted by Crippen LogP contribution is 2.32. The van der Waals surface area contributed by atoms with Gasteiger partial charge < -0.3 is 4.90 Å². The zero-order valence-corrected chi connectivity index (χ0v) is 14.1. The number of hydrogen-bond donors (Lipinski definition) is 0. The van der Waals surface area contributed by atoms with E-state index in [0.29, 0.717) is 11.5 Å². The largest absolute Gasteiger partial charge is 0.338 e. The Morgan fingerprint density at radius 1 is 1.43 bits per heavy atom. The SMILES string of the molecule is Cc1nc([C@H]2CCCN(C(=O)c3cnn(C)c3)C2)c2sccn12. The third-order valence-electron chi connectivity index (χ3n) is 4.51. The second-order valence-corrected chi connectivity index (χ2v) is 7.01. The van der Waals surface area contributed by atoms with Crippen LogP contribution in [0.2, 0.25) is 0 Å². The standard InChI is InChI=1S/C16H19N5OS/c1-11-18-14(16-21(11)6-7-23-16)12-4-3-5-20(10-12)15(22)13-8-17-19(2)9-13/h6-9,12H,3-5,10H2,1-2H3/t12-/m0/s1. The average Bonchev–Trinajstić information content (AvgIpc) is 3.25. The lowest BCUT2D eigenvalue weighted by atomic mass is 9.95. The minimum atomic E-state index is 0.0705. The van der Waals surface area contributed by atoms with Crippen LogP contribution in [-0.4, -0.2) is 43.1 Å². The smallest absolute Gasteiger partial charge is 0.257 e. The molecule has 120 valence electrons. The van der Waals surface area contributed by atoms with E-state index in [-0.39, 0.29) is 5.91 Å². The van der Waals surface area contributed by atoms with Crippen LogP contribution in [0.1, 0.15) is 40.6 Å². The fraction of sp³-hybridized carbons (Fsp3) is 0.438. The van der Waals surface area contributed by atoms with E-state index in [9.17, 15) is 4.79 Å². The van der Waals surface area contributed by atoms with Crippen LogP contribution in [0.15, 0.2) is 24.0 Å². The van der Waals surface area contributed by atoms with E-state index < -0.39 is 0 Å². The Morgan fingerprint density at radius 2 is 2.30 bits per heavy atom. The molecule has 3 aromatic rings. The molecule has 0 N–H and O–H groups in total. The van der Waals surface area contributed by atoms with Crippen molar-refractivity contribution in [3.8, 4) is 0 Å². The van der Waals surface area contributed by atoms with Crippen molar-refractivity contribution in [1.29, 1.82) is 0 Å². The molecule has 1 atom stereocenters. The predicted octanol–water partition coefficient (Wildman–Crippen LogP) is 2.46. The predicted molar refractivity (Wildman–Crippen MR) is 88.9 cm³/mol. The molecule has 4 heterocycles. The summed E-state index contributed by atoms with van der Waals surface area (Å²) in [5.74, 6) is 1.40. The Kier molecular flexibility index (Phi) is 3.45. The van der Waals surface area contributed by atoms with E-state index in [1.807, 2.05) is 18.9 Å². The Bertz CT molecular complexity index is 861. The summed E-state index contributed by atoms with van der Waals surface area (Å²) >= 11 is 1.72. The summed E-state index contributed by atoms with van der Waals surface area (Å²) in [6, 6.07) is 0. The zero-order chi connectivity index (χ0) is 16.0. The fourth-order valence-electron chi connectivity index (χ4n) is 3.36. The second kappa shape index (κ2) is 5.49. The van der Waals surface area contributed by atoms with Crippen LogP contribution in [0.25, 0.3) is 4.83 Å². The molecule has 0 aliphatic carbocycles. The van der Waals surface area contributed by atoms with Crippen molar-refractivity contribution in [2.24, 2.45) is 7.05 Å². The van der Waals surface area contributed by atoms with Gasteiger partial charge in [0, 0.05) is 43.8 Å². The molecule has 3 aromatic heterocycles. The summed E-state index contributed by atoms with van der Waals surface area (Å²) in [6.07, 6.45) is 7.59. The first kappa shape index (κ1) is 14.4. The Morgan fingerprint density at radius 3 is 3.09 bits per heavy atom. The highest BCUT2D eigenvalue weighted by molar-refractivity contribution is 7.15. The lowest BCUT2D eigenvalue weighted by Gasteiger charge is -2.31. The minimum Gasteiger partial charge on any atom is -0.338 e. The van der Waals surface area contributed by atoms with Crippen LogP contribution in [0.4, 0.5) is 0 Å². The quantitative estimate of drug-likeness (QED) is 0.726. The number of likely N-dealkylation sites (tertiary alicyclic amines) is 1. The molecule has 0 bridgehead atoms. The first-order valence-corrected chi connectivity index (χ1v) is 8.71. The molecule has 1 fully saturated rings. The molecule has 1 aliphatic heterocycles. The number of fused-ring (bicyclic) bond motifs is 1. The number of nitrogens with zero attached hydrogens (tertiary/aromatic N) is 5. The number of aryl methyl sites for hydroxylation is 2. The van der Waals surface area contributed by atoms with Crippen LogP contribution < -0.4 is 0 Å². The first-order chi connectivity index (χ1) is 11.1. The summed E-state index contributed by atoms with van der Waals surface area (Å²) in [7, 11) is 1.83. The maximum atomic E-state index is 12.7. The molecule has 23 heavy (non-hydrogen) atoms. The summed E-state index contributed by atoms with van der Waals surface area (Å²) in [5.41, 5.74) is 1.80. The Balaban J connectivity index is 1.59. The van der Waals surface area contributed by atoms with Gasteiger partial charge in [0.2, 0.25) is 0 Å². The number of thiazole rings is 1. The number of carbonyl (C=O) groups excluding carboxylic acids is 1. The van der Waals surface area contributed by atoms with Crippen LogP contribution >= 0.6 is 11.3 Å². The van der Waals surface area contributed by atoms with Gasteiger partial charge in [-0.2, -0.15) is 5.10 Å². The molecule has 7 heteroatoms.